The zero-order valence-corrected chi connectivity index (χ0v) is 14.8. The Morgan fingerprint density at radius 3 is 2.92 bits per heavy atom. The maximum absolute atomic E-state index is 12.7. The van der Waals surface area contributed by atoms with E-state index in [0.717, 1.165) is 5.56 Å². The second-order valence-corrected chi connectivity index (χ2v) is 8.04. The summed E-state index contributed by atoms with van der Waals surface area (Å²) in [5, 5.41) is 2.38. The number of fused-ring (bicyclic) bond motifs is 1. The fourth-order valence-corrected chi connectivity index (χ4v) is 4.36. The second kappa shape index (κ2) is 6.60. The maximum Gasteiger partial charge on any atom is 0.277 e. The van der Waals surface area contributed by atoms with Crippen LogP contribution in [0.4, 0.5) is 5.69 Å². The van der Waals surface area contributed by atoms with Crippen molar-refractivity contribution in [2.75, 3.05) is 18.0 Å². The molecule has 3 rings (SSSR count). The largest absolute Gasteiger partial charge is 0.325 e. The maximum atomic E-state index is 12.7. The Kier molecular flexibility index (Phi) is 4.68. The number of nitrogens with zero attached hydrogens (tertiary/aromatic N) is 2. The summed E-state index contributed by atoms with van der Waals surface area (Å²) in [6.45, 7) is 2.83. The molecular formula is C15H18N4O3S2. The fraction of sp³-hybridized carbons (Fsp3) is 0.333. The molecule has 0 atom stereocenters. The Balaban J connectivity index is 1.94. The van der Waals surface area contributed by atoms with Crippen LogP contribution < -0.4 is 15.4 Å². The number of nitrogens with one attached hydrogen (secondary N) is 1. The minimum absolute atomic E-state index is 0.156. The van der Waals surface area contributed by atoms with Gasteiger partial charge in [0.15, 0.2) is 0 Å². The van der Waals surface area contributed by atoms with Gasteiger partial charge in [0.25, 0.3) is 5.91 Å². The van der Waals surface area contributed by atoms with E-state index < -0.39 is 10.0 Å². The summed E-state index contributed by atoms with van der Waals surface area (Å²) in [5.41, 5.74) is 7.46. The van der Waals surface area contributed by atoms with Gasteiger partial charge in [-0.2, -0.15) is 0 Å². The average molecular weight is 366 g/mol. The zero-order valence-electron chi connectivity index (χ0n) is 13.2. The number of anilines is 1. The van der Waals surface area contributed by atoms with Crippen LogP contribution in [0.1, 0.15) is 28.0 Å². The number of hydrogen-bond acceptors (Lipinski definition) is 6. The molecule has 1 aliphatic heterocycles. The Morgan fingerprint density at radius 2 is 2.25 bits per heavy atom. The van der Waals surface area contributed by atoms with Crippen molar-refractivity contribution in [3.63, 3.8) is 0 Å². The summed E-state index contributed by atoms with van der Waals surface area (Å²) < 4.78 is 26.8. The number of benzene rings is 1. The molecule has 1 aromatic carbocycles. The topological polar surface area (TPSA) is 105 Å². The molecule has 0 spiro atoms. The van der Waals surface area contributed by atoms with Crippen molar-refractivity contribution < 1.29 is 13.2 Å². The molecule has 128 valence electrons. The molecule has 24 heavy (non-hydrogen) atoms. The van der Waals surface area contributed by atoms with Crippen molar-refractivity contribution in [1.82, 2.24) is 9.71 Å². The molecule has 0 aliphatic carbocycles. The highest BCUT2D eigenvalue weighted by Crippen LogP contribution is 2.31. The van der Waals surface area contributed by atoms with Crippen LogP contribution >= 0.6 is 11.3 Å². The number of aromatic nitrogens is 1. The Bertz CT molecular complexity index is 877. The quantitative estimate of drug-likeness (QED) is 0.824. The van der Waals surface area contributed by atoms with Crippen molar-refractivity contribution in [2.45, 2.75) is 24.8 Å². The normalized spacial score (nSPS) is 14.0. The summed E-state index contributed by atoms with van der Waals surface area (Å²) in [5.74, 6) is -0.234. The lowest BCUT2D eigenvalue weighted by Crippen LogP contribution is -2.29. The summed E-state index contributed by atoms with van der Waals surface area (Å²) in [4.78, 5) is 18.6. The highest BCUT2D eigenvalue weighted by atomic mass is 32.2. The van der Waals surface area contributed by atoms with Gasteiger partial charge in [0.1, 0.15) is 10.7 Å². The lowest BCUT2D eigenvalue weighted by atomic mass is 10.2. The number of nitrogens with two attached hydrogens (primary N) is 1. The van der Waals surface area contributed by atoms with Gasteiger partial charge in [-0.1, -0.05) is 13.0 Å². The Labute approximate surface area is 144 Å². The van der Waals surface area contributed by atoms with Gasteiger partial charge in [0, 0.05) is 30.7 Å². The average Bonchev–Trinajstić information content (AvgIpc) is 3.20. The third kappa shape index (κ3) is 3.07. The van der Waals surface area contributed by atoms with E-state index in [0.29, 0.717) is 42.4 Å². The number of amides is 1. The smallest absolute Gasteiger partial charge is 0.277 e. The third-order valence-corrected chi connectivity index (χ3v) is 6.20. The van der Waals surface area contributed by atoms with E-state index >= 15 is 0 Å². The molecule has 0 bridgehead atoms. The first-order valence-corrected chi connectivity index (χ1v) is 9.91. The summed E-state index contributed by atoms with van der Waals surface area (Å²) in [6.07, 6.45) is 0.691. The minimum Gasteiger partial charge on any atom is -0.325 e. The van der Waals surface area contributed by atoms with Gasteiger partial charge in [-0.25, -0.2) is 18.1 Å². The van der Waals surface area contributed by atoms with E-state index in [9.17, 15) is 13.2 Å². The Hall–Kier alpha value is -1.81. The van der Waals surface area contributed by atoms with Crippen molar-refractivity contribution in [2.24, 2.45) is 5.73 Å². The standard InChI is InChI=1S/C15H18N4O3S2/c1-2-17-24(21,22)11-4-3-10-5-6-19(13(10)7-11)15(20)12-9-23-14(8-16)18-12/h3-4,7,9,17H,2,5-6,8,16H2,1H3. The molecule has 0 radical (unpaired) electrons. The molecule has 1 amide bonds. The van der Waals surface area contributed by atoms with Gasteiger partial charge in [-0.15, -0.1) is 11.3 Å². The van der Waals surface area contributed by atoms with E-state index in [1.165, 1.54) is 11.3 Å². The van der Waals surface area contributed by atoms with Gasteiger partial charge in [-0.3, -0.25) is 4.79 Å². The van der Waals surface area contributed by atoms with Crippen LogP contribution in [0.25, 0.3) is 0 Å². The first-order chi connectivity index (χ1) is 11.5. The first-order valence-electron chi connectivity index (χ1n) is 7.55. The van der Waals surface area contributed by atoms with E-state index in [2.05, 4.69) is 9.71 Å². The predicted octanol–water partition coefficient (Wildman–Crippen LogP) is 1.10. The second-order valence-electron chi connectivity index (χ2n) is 5.33. The van der Waals surface area contributed by atoms with Crippen molar-refractivity contribution >= 4 is 33.0 Å². The van der Waals surface area contributed by atoms with E-state index in [-0.39, 0.29) is 10.8 Å². The van der Waals surface area contributed by atoms with Gasteiger partial charge >= 0.3 is 0 Å². The molecule has 9 heteroatoms. The van der Waals surface area contributed by atoms with Gasteiger partial charge in [0.2, 0.25) is 10.0 Å². The van der Waals surface area contributed by atoms with Crippen LogP contribution in [0, 0.1) is 0 Å². The summed E-state index contributed by atoms with van der Waals surface area (Å²) in [6, 6.07) is 4.88. The number of thiazole rings is 1. The van der Waals surface area contributed by atoms with Gasteiger partial charge < -0.3 is 10.6 Å². The molecule has 7 nitrogen and oxygen atoms in total. The lowest BCUT2D eigenvalue weighted by molar-refractivity contribution is 0.0985. The van der Waals surface area contributed by atoms with Crippen LogP contribution in [0.2, 0.25) is 0 Å². The third-order valence-electron chi connectivity index (χ3n) is 3.79. The number of rotatable bonds is 5. The van der Waals surface area contributed by atoms with E-state index in [1.807, 2.05) is 0 Å². The van der Waals surface area contributed by atoms with Crippen molar-refractivity contribution in [3.8, 4) is 0 Å². The van der Waals surface area contributed by atoms with Crippen LogP contribution in [0.3, 0.4) is 0 Å². The molecule has 0 saturated carbocycles. The molecule has 1 aromatic heterocycles. The number of carbonyl (C=O) groups is 1. The fourth-order valence-electron chi connectivity index (χ4n) is 2.65. The van der Waals surface area contributed by atoms with Crippen molar-refractivity contribution in [1.29, 1.82) is 0 Å². The highest BCUT2D eigenvalue weighted by Gasteiger charge is 2.28. The summed E-state index contributed by atoms with van der Waals surface area (Å²) >= 11 is 1.34. The molecule has 3 N–H and O–H groups in total. The number of carbonyl (C=O) groups excluding carboxylic acids is 1. The van der Waals surface area contributed by atoms with Crippen LogP contribution in [0.15, 0.2) is 28.5 Å². The van der Waals surface area contributed by atoms with Crippen LogP contribution in [-0.4, -0.2) is 32.4 Å². The molecule has 1 aliphatic rings. The van der Waals surface area contributed by atoms with Gasteiger partial charge in [-0.05, 0) is 24.1 Å². The number of sulfonamides is 1. The minimum atomic E-state index is -3.56. The van der Waals surface area contributed by atoms with Gasteiger partial charge in [0.05, 0.1) is 4.90 Å². The molecule has 0 unspecified atom stereocenters. The molecule has 0 saturated heterocycles. The predicted molar refractivity (Wildman–Crippen MR) is 92.7 cm³/mol. The van der Waals surface area contributed by atoms with E-state index in [1.54, 1.807) is 35.4 Å². The van der Waals surface area contributed by atoms with E-state index in [4.69, 9.17) is 5.73 Å². The molecular weight excluding hydrogens is 348 g/mol. The highest BCUT2D eigenvalue weighted by molar-refractivity contribution is 7.89. The molecule has 0 fully saturated rings. The molecule has 2 aromatic rings. The number of hydrogen-bond donors (Lipinski definition) is 2. The Morgan fingerprint density at radius 1 is 1.46 bits per heavy atom. The SMILES string of the molecule is CCNS(=O)(=O)c1ccc2c(c1)N(C(=O)c1csc(CN)n1)CC2. The monoisotopic (exact) mass is 366 g/mol. The van der Waals surface area contributed by atoms with Crippen molar-refractivity contribution in [3.05, 3.63) is 39.8 Å². The summed E-state index contributed by atoms with van der Waals surface area (Å²) in [7, 11) is -3.56. The lowest BCUT2D eigenvalue weighted by Gasteiger charge is -2.17. The van der Waals surface area contributed by atoms with Crippen LogP contribution in [-0.2, 0) is 23.0 Å². The first kappa shape index (κ1) is 17.0. The molecule has 2 heterocycles. The zero-order chi connectivity index (χ0) is 17.3. The van der Waals surface area contributed by atoms with Crippen LogP contribution in [0.5, 0.6) is 0 Å².